The molecule has 0 saturated heterocycles. The maximum absolute atomic E-state index is 12.0. The number of ketones is 1. The molecule has 4 rings (SSSR count). The average Bonchev–Trinajstić information content (AvgIpc) is 2.87. The van der Waals surface area contributed by atoms with Gasteiger partial charge in [-0.15, -0.1) is 0 Å². The van der Waals surface area contributed by atoms with Crippen molar-refractivity contribution in [1.82, 2.24) is 0 Å². The molecule has 27 heavy (non-hydrogen) atoms. The maximum atomic E-state index is 12.0. The van der Waals surface area contributed by atoms with Crippen LogP contribution in [0, 0.1) is 34.5 Å². The minimum absolute atomic E-state index is 0.00371. The number of hydrogen-bond acceptors (Lipinski definition) is 5. The number of carbonyl (C=O) groups excluding carboxylic acids is 1. The Morgan fingerprint density at radius 3 is 2.70 bits per heavy atom. The second-order valence-corrected chi connectivity index (χ2v) is 9.90. The molecule has 0 aromatic carbocycles. The SMILES string of the molecule is C[C@H]1C[C@@H]2[C@H]([C@@H](O)C[C@@]3(C)[C@H]2CC[C@]3(O)C(O)CO)[C@@]2(C)C=CC(=O)C=C12. The molecule has 9 atom stereocenters. The number of aliphatic hydroxyl groups is 4. The molecule has 0 aromatic heterocycles. The van der Waals surface area contributed by atoms with Gasteiger partial charge in [0.15, 0.2) is 5.78 Å². The van der Waals surface area contributed by atoms with Crippen LogP contribution in [0.1, 0.15) is 46.5 Å². The Morgan fingerprint density at radius 2 is 2.04 bits per heavy atom. The molecule has 0 bridgehead atoms. The third-order valence-electron chi connectivity index (χ3n) is 8.76. The number of fused-ring (bicyclic) bond motifs is 5. The van der Waals surface area contributed by atoms with Crippen molar-refractivity contribution in [2.75, 3.05) is 6.61 Å². The zero-order chi connectivity index (χ0) is 19.8. The monoisotopic (exact) mass is 376 g/mol. The van der Waals surface area contributed by atoms with Gasteiger partial charge >= 0.3 is 0 Å². The van der Waals surface area contributed by atoms with Gasteiger partial charge in [0, 0.05) is 16.7 Å². The van der Waals surface area contributed by atoms with Gasteiger partial charge < -0.3 is 20.4 Å². The summed E-state index contributed by atoms with van der Waals surface area (Å²) in [5, 5.41) is 42.5. The van der Waals surface area contributed by atoms with E-state index < -0.39 is 29.8 Å². The molecule has 0 radical (unpaired) electrons. The first-order valence-corrected chi connectivity index (χ1v) is 10.2. The number of carbonyl (C=O) groups is 1. The van der Waals surface area contributed by atoms with Crippen molar-refractivity contribution >= 4 is 5.78 Å². The van der Waals surface area contributed by atoms with Crippen LogP contribution in [0.15, 0.2) is 23.8 Å². The quantitative estimate of drug-likeness (QED) is 0.587. The predicted octanol–water partition coefficient (Wildman–Crippen LogP) is 1.60. The molecule has 0 heterocycles. The van der Waals surface area contributed by atoms with E-state index in [0.717, 1.165) is 18.4 Å². The standard InChI is InChI=1S/C22H32O5/c1-12-8-14-15-5-7-22(27,18(26)11-23)21(15,3)10-17(25)19(14)20(2)6-4-13(24)9-16(12)20/h4,6,9,12,14-15,17-19,23,25-27H,5,7-8,10-11H2,1-3H3/t12-,14-,15-,17-,18?,19+,20-,21-,22-/m0/s1. The highest BCUT2D eigenvalue weighted by Crippen LogP contribution is 2.68. The zero-order valence-corrected chi connectivity index (χ0v) is 16.4. The van der Waals surface area contributed by atoms with Gasteiger partial charge in [0.25, 0.3) is 0 Å². The van der Waals surface area contributed by atoms with E-state index in [1.54, 1.807) is 12.2 Å². The minimum Gasteiger partial charge on any atom is -0.394 e. The van der Waals surface area contributed by atoms with Gasteiger partial charge in [0.2, 0.25) is 0 Å². The second kappa shape index (κ2) is 5.99. The van der Waals surface area contributed by atoms with Gasteiger partial charge in [-0.25, -0.2) is 0 Å². The smallest absolute Gasteiger partial charge is 0.178 e. The second-order valence-electron chi connectivity index (χ2n) is 9.90. The Bertz CT molecular complexity index is 713. The van der Waals surface area contributed by atoms with E-state index in [-0.39, 0.29) is 34.9 Å². The average molecular weight is 376 g/mol. The third kappa shape index (κ3) is 2.35. The highest BCUT2D eigenvalue weighted by Gasteiger charge is 2.68. The van der Waals surface area contributed by atoms with Gasteiger partial charge in [-0.1, -0.05) is 32.4 Å². The topological polar surface area (TPSA) is 98.0 Å². The molecule has 150 valence electrons. The first-order valence-electron chi connectivity index (χ1n) is 10.2. The molecule has 0 aromatic rings. The third-order valence-corrected chi connectivity index (χ3v) is 8.76. The minimum atomic E-state index is -1.38. The van der Waals surface area contributed by atoms with Gasteiger partial charge in [0.1, 0.15) is 6.10 Å². The van der Waals surface area contributed by atoms with E-state index in [4.69, 9.17) is 0 Å². The molecule has 1 unspecified atom stereocenters. The number of aliphatic hydroxyl groups excluding tert-OH is 3. The van der Waals surface area contributed by atoms with Gasteiger partial charge in [-0.3, -0.25) is 4.79 Å². The Hall–Kier alpha value is -1.01. The van der Waals surface area contributed by atoms with Gasteiger partial charge in [-0.2, -0.15) is 0 Å². The summed E-state index contributed by atoms with van der Waals surface area (Å²) in [6.45, 7) is 5.77. The van der Waals surface area contributed by atoms with Crippen molar-refractivity contribution < 1.29 is 25.2 Å². The van der Waals surface area contributed by atoms with Crippen LogP contribution in [0.5, 0.6) is 0 Å². The maximum Gasteiger partial charge on any atom is 0.178 e. The summed E-state index contributed by atoms with van der Waals surface area (Å²) in [5.74, 6) is 0.619. The van der Waals surface area contributed by atoms with E-state index >= 15 is 0 Å². The van der Waals surface area contributed by atoms with Crippen molar-refractivity contribution in [2.45, 2.75) is 64.3 Å². The Labute approximate surface area is 160 Å². The first-order chi connectivity index (χ1) is 12.6. The fourth-order valence-corrected chi connectivity index (χ4v) is 7.49. The molecule has 3 saturated carbocycles. The lowest BCUT2D eigenvalue weighted by molar-refractivity contribution is -0.205. The fraction of sp³-hybridized carbons (Fsp3) is 0.773. The van der Waals surface area contributed by atoms with Crippen LogP contribution >= 0.6 is 0 Å². The highest BCUT2D eigenvalue weighted by atomic mass is 16.4. The van der Waals surface area contributed by atoms with E-state index in [1.807, 2.05) is 13.0 Å². The number of rotatable bonds is 2. The molecule has 4 aliphatic carbocycles. The molecule has 0 amide bonds. The Morgan fingerprint density at radius 1 is 1.33 bits per heavy atom. The number of hydrogen-bond donors (Lipinski definition) is 4. The van der Waals surface area contributed by atoms with E-state index in [9.17, 15) is 25.2 Å². The van der Waals surface area contributed by atoms with Crippen LogP contribution in [0.3, 0.4) is 0 Å². The highest BCUT2D eigenvalue weighted by molar-refractivity contribution is 6.01. The van der Waals surface area contributed by atoms with Crippen LogP contribution in [-0.4, -0.2) is 50.6 Å². The van der Waals surface area contributed by atoms with Gasteiger partial charge in [0.05, 0.1) is 18.3 Å². The predicted molar refractivity (Wildman–Crippen MR) is 101 cm³/mol. The molecular formula is C22H32O5. The zero-order valence-electron chi connectivity index (χ0n) is 16.4. The summed E-state index contributed by atoms with van der Waals surface area (Å²) in [7, 11) is 0. The van der Waals surface area contributed by atoms with Crippen molar-refractivity contribution in [3.8, 4) is 0 Å². The molecule has 5 nitrogen and oxygen atoms in total. The lowest BCUT2D eigenvalue weighted by Crippen LogP contribution is -2.63. The number of allylic oxidation sites excluding steroid dienone is 4. The van der Waals surface area contributed by atoms with Crippen LogP contribution in [0.2, 0.25) is 0 Å². The first kappa shape index (κ1) is 19.3. The van der Waals surface area contributed by atoms with Crippen LogP contribution in [-0.2, 0) is 4.79 Å². The normalized spacial score (nSPS) is 52.6. The largest absolute Gasteiger partial charge is 0.394 e. The Kier molecular flexibility index (Phi) is 4.29. The molecule has 0 aliphatic heterocycles. The molecule has 0 spiro atoms. The summed E-state index contributed by atoms with van der Waals surface area (Å²) in [4.78, 5) is 12.0. The summed E-state index contributed by atoms with van der Waals surface area (Å²) < 4.78 is 0. The summed E-state index contributed by atoms with van der Waals surface area (Å²) in [6.07, 6.45) is 6.01. The summed E-state index contributed by atoms with van der Waals surface area (Å²) in [6, 6.07) is 0. The Balaban J connectivity index is 1.77. The fourth-order valence-electron chi connectivity index (χ4n) is 7.49. The molecular weight excluding hydrogens is 344 g/mol. The lowest BCUT2D eigenvalue weighted by Gasteiger charge is -2.61. The molecule has 4 aliphatic rings. The van der Waals surface area contributed by atoms with Crippen molar-refractivity contribution in [3.63, 3.8) is 0 Å². The van der Waals surface area contributed by atoms with Crippen LogP contribution in [0.4, 0.5) is 0 Å². The summed E-state index contributed by atoms with van der Waals surface area (Å²) >= 11 is 0. The molecule has 4 N–H and O–H groups in total. The van der Waals surface area contributed by atoms with E-state index in [2.05, 4.69) is 13.8 Å². The summed E-state index contributed by atoms with van der Waals surface area (Å²) in [5.41, 5.74) is -1.26. The van der Waals surface area contributed by atoms with E-state index in [0.29, 0.717) is 12.8 Å². The molecule has 3 fully saturated rings. The lowest BCUT2D eigenvalue weighted by atomic mass is 9.44. The van der Waals surface area contributed by atoms with Crippen LogP contribution < -0.4 is 0 Å². The van der Waals surface area contributed by atoms with Crippen LogP contribution in [0.25, 0.3) is 0 Å². The van der Waals surface area contributed by atoms with Crippen molar-refractivity contribution in [3.05, 3.63) is 23.8 Å². The van der Waals surface area contributed by atoms with Crippen molar-refractivity contribution in [1.29, 1.82) is 0 Å². The van der Waals surface area contributed by atoms with Crippen molar-refractivity contribution in [2.24, 2.45) is 34.5 Å². The van der Waals surface area contributed by atoms with E-state index in [1.165, 1.54) is 0 Å². The van der Waals surface area contributed by atoms with Gasteiger partial charge in [-0.05, 0) is 55.6 Å². The molecule has 5 heteroatoms.